The molecule has 136 valence electrons. The second kappa shape index (κ2) is 15.9. The molecule has 3 N–H and O–H groups in total. The molecule has 0 bridgehead atoms. The zero-order chi connectivity index (χ0) is 18.0. The summed E-state index contributed by atoms with van der Waals surface area (Å²) in [4.78, 5) is 10.3. The molecule has 0 unspecified atom stereocenters. The Morgan fingerprint density at radius 1 is 0.792 bits per heavy atom. The van der Waals surface area contributed by atoms with E-state index in [0.717, 1.165) is 6.42 Å². The minimum absolute atomic E-state index is 0.165. The van der Waals surface area contributed by atoms with Crippen molar-refractivity contribution in [3.05, 3.63) is 48.0 Å². The average molecular weight is 336 g/mol. The number of unbranched alkanes of at least 4 members (excludes halogenated alkanes) is 4. The quantitative estimate of drug-likeness (QED) is 0.207. The van der Waals surface area contributed by atoms with Crippen molar-refractivity contribution in [2.75, 3.05) is 0 Å². The molecule has 0 heterocycles. The van der Waals surface area contributed by atoms with Gasteiger partial charge < -0.3 is 15.3 Å². The third kappa shape index (κ3) is 16.4. The fraction of sp³-hybridized carbons (Fsp3) is 0.550. The lowest BCUT2D eigenvalue weighted by Crippen LogP contribution is -1.92. The van der Waals surface area contributed by atoms with Crippen molar-refractivity contribution in [2.45, 2.75) is 71.1 Å². The fourth-order valence-corrected chi connectivity index (χ4v) is 2.01. The molecule has 4 heteroatoms. The molecule has 0 spiro atoms. The van der Waals surface area contributed by atoms with Crippen molar-refractivity contribution in [1.82, 2.24) is 0 Å². The summed E-state index contributed by atoms with van der Waals surface area (Å²) in [6.45, 7) is 2.18. The zero-order valence-electron chi connectivity index (χ0n) is 14.8. The van der Waals surface area contributed by atoms with Crippen molar-refractivity contribution in [1.29, 1.82) is 0 Å². The number of hydrogen-bond acceptors (Lipinski definition) is 3. The normalized spacial score (nSPS) is 13.2. The molecule has 24 heavy (non-hydrogen) atoms. The van der Waals surface area contributed by atoms with Gasteiger partial charge in [-0.3, -0.25) is 4.79 Å². The Morgan fingerprint density at radius 2 is 1.46 bits per heavy atom. The van der Waals surface area contributed by atoms with Crippen LogP contribution >= 0.6 is 0 Å². The van der Waals surface area contributed by atoms with E-state index in [9.17, 15) is 15.0 Å². The standard InChI is InChI=1S/C20H32O4/c1-2-3-4-5-6-7-10-13-18(21)16-17-19(22)14-11-8-9-12-15-20(23)24/h6-8,11,13,17,21-22H,2-5,9-10,12,14-16H2,1H3,(H,23,24)/b7-6-,11-8-,18-13-,19-17-. The molecule has 4 nitrogen and oxygen atoms in total. The summed E-state index contributed by atoms with van der Waals surface area (Å²) < 4.78 is 0. The van der Waals surface area contributed by atoms with Gasteiger partial charge in [-0.05, 0) is 44.3 Å². The van der Waals surface area contributed by atoms with E-state index in [1.807, 2.05) is 12.2 Å². The van der Waals surface area contributed by atoms with Crippen LogP contribution in [-0.2, 0) is 4.79 Å². The molecule has 0 radical (unpaired) electrons. The predicted octanol–water partition coefficient (Wildman–Crippen LogP) is 5.99. The van der Waals surface area contributed by atoms with Crippen LogP contribution < -0.4 is 0 Å². The lowest BCUT2D eigenvalue weighted by molar-refractivity contribution is -0.137. The minimum Gasteiger partial charge on any atom is -0.512 e. The molecule has 0 amide bonds. The highest BCUT2D eigenvalue weighted by atomic mass is 16.4. The molecular formula is C20H32O4. The van der Waals surface area contributed by atoms with Gasteiger partial charge in [0.05, 0.1) is 11.5 Å². The number of hydrogen-bond donors (Lipinski definition) is 3. The number of aliphatic carboxylic acids is 1. The summed E-state index contributed by atoms with van der Waals surface area (Å²) in [7, 11) is 0. The van der Waals surface area contributed by atoms with E-state index in [1.165, 1.54) is 19.3 Å². The third-order valence-corrected chi connectivity index (χ3v) is 3.43. The molecule has 0 rings (SSSR count). The third-order valence-electron chi connectivity index (χ3n) is 3.43. The molecule has 0 fully saturated rings. The Morgan fingerprint density at radius 3 is 2.17 bits per heavy atom. The van der Waals surface area contributed by atoms with Crippen molar-refractivity contribution in [2.24, 2.45) is 0 Å². The molecule has 0 aromatic carbocycles. The number of carbonyl (C=O) groups is 1. The first kappa shape index (κ1) is 22.0. The highest BCUT2D eigenvalue weighted by Gasteiger charge is 1.95. The molecule has 0 aromatic rings. The van der Waals surface area contributed by atoms with E-state index >= 15 is 0 Å². The van der Waals surface area contributed by atoms with Gasteiger partial charge in [0.15, 0.2) is 0 Å². The number of allylic oxidation sites excluding steroid dienone is 6. The van der Waals surface area contributed by atoms with E-state index in [1.54, 1.807) is 12.2 Å². The maximum atomic E-state index is 10.3. The van der Waals surface area contributed by atoms with Crippen molar-refractivity contribution >= 4 is 5.97 Å². The molecule has 0 saturated heterocycles. The number of rotatable bonds is 14. The van der Waals surface area contributed by atoms with Gasteiger partial charge in [-0.2, -0.15) is 0 Å². The average Bonchev–Trinajstić information content (AvgIpc) is 2.55. The van der Waals surface area contributed by atoms with E-state index in [4.69, 9.17) is 5.11 Å². The van der Waals surface area contributed by atoms with Crippen LogP contribution in [0.25, 0.3) is 0 Å². The lowest BCUT2D eigenvalue weighted by Gasteiger charge is -1.97. The van der Waals surface area contributed by atoms with Crippen LogP contribution in [0.5, 0.6) is 0 Å². The van der Waals surface area contributed by atoms with Crippen LogP contribution in [0, 0.1) is 0 Å². The van der Waals surface area contributed by atoms with Gasteiger partial charge in [0.2, 0.25) is 0 Å². The number of aliphatic hydroxyl groups excluding tert-OH is 2. The maximum Gasteiger partial charge on any atom is 0.303 e. The number of aliphatic hydroxyl groups is 2. The second-order valence-electron chi connectivity index (χ2n) is 5.76. The summed E-state index contributed by atoms with van der Waals surface area (Å²) in [5.41, 5.74) is 0. The monoisotopic (exact) mass is 336 g/mol. The van der Waals surface area contributed by atoms with Gasteiger partial charge in [0.25, 0.3) is 0 Å². The summed E-state index contributed by atoms with van der Waals surface area (Å²) in [5, 5.41) is 27.9. The van der Waals surface area contributed by atoms with Crippen molar-refractivity contribution in [3.63, 3.8) is 0 Å². The molecule has 0 atom stereocenters. The molecule has 0 aliphatic carbocycles. The molecule has 0 aliphatic heterocycles. The van der Waals surface area contributed by atoms with Crippen molar-refractivity contribution in [3.8, 4) is 0 Å². The van der Waals surface area contributed by atoms with Crippen LogP contribution in [0.4, 0.5) is 0 Å². The van der Waals surface area contributed by atoms with Gasteiger partial charge in [-0.15, -0.1) is 0 Å². The van der Waals surface area contributed by atoms with Crippen LogP contribution in [0.15, 0.2) is 48.0 Å². The zero-order valence-corrected chi connectivity index (χ0v) is 14.8. The van der Waals surface area contributed by atoms with Crippen molar-refractivity contribution < 1.29 is 20.1 Å². The van der Waals surface area contributed by atoms with E-state index in [2.05, 4.69) is 19.1 Å². The van der Waals surface area contributed by atoms with E-state index in [0.29, 0.717) is 32.1 Å². The summed E-state index contributed by atoms with van der Waals surface area (Å²) in [6.07, 6.45) is 18.9. The Labute approximate surface area is 145 Å². The van der Waals surface area contributed by atoms with Crippen LogP contribution in [-0.4, -0.2) is 21.3 Å². The first-order valence-electron chi connectivity index (χ1n) is 8.84. The van der Waals surface area contributed by atoms with Crippen LogP contribution in [0.2, 0.25) is 0 Å². The predicted molar refractivity (Wildman–Crippen MR) is 99.2 cm³/mol. The Bertz CT molecular complexity index is 445. The SMILES string of the molecule is CCCCC/C=C\C/C=C(\O)C/C=C(\O)C/C=C\CCCC(=O)O. The first-order chi connectivity index (χ1) is 11.6. The number of carboxylic acids is 1. The van der Waals surface area contributed by atoms with Gasteiger partial charge in [0, 0.05) is 19.3 Å². The molecule has 0 saturated carbocycles. The van der Waals surface area contributed by atoms with E-state index < -0.39 is 5.97 Å². The molecule has 0 aliphatic rings. The maximum absolute atomic E-state index is 10.3. The largest absolute Gasteiger partial charge is 0.512 e. The van der Waals surface area contributed by atoms with Crippen LogP contribution in [0.3, 0.4) is 0 Å². The first-order valence-corrected chi connectivity index (χ1v) is 8.84. The Kier molecular flexibility index (Phi) is 14.6. The highest BCUT2D eigenvalue weighted by Crippen LogP contribution is 2.07. The van der Waals surface area contributed by atoms with Gasteiger partial charge in [-0.1, -0.05) is 44.1 Å². The highest BCUT2D eigenvalue weighted by molar-refractivity contribution is 5.66. The van der Waals surface area contributed by atoms with Gasteiger partial charge >= 0.3 is 5.97 Å². The topological polar surface area (TPSA) is 77.8 Å². The Hall–Kier alpha value is -1.97. The smallest absolute Gasteiger partial charge is 0.303 e. The summed E-state index contributed by atoms with van der Waals surface area (Å²) in [6, 6.07) is 0. The van der Waals surface area contributed by atoms with E-state index in [-0.39, 0.29) is 17.9 Å². The fourth-order valence-electron chi connectivity index (χ4n) is 2.01. The molecular weight excluding hydrogens is 304 g/mol. The lowest BCUT2D eigenvalue weighted by atomic mass is 10.2. The summed E-state index contributed by atoms with van der Waals surface area (Å²) >= 11 is 0. The molecule has 0 aromatic heterocycles. The number of carboxylic acid groups (broad SMARTS) is 1. The van der Waals surface area contributed by atoms with Crippen LogP contribution in [0.1, 0.15) is 71.1 Å². The van der Waals surface area contributed by atoms with Gasteiger partial charge in [-0.25, -0.2) is 0 Å². The Balaban J connectivity index is 3.85. The minimum atomic E-state index is -0.788. The second-order valence-corrected chi connectivity index (χ2v) is 5.76. The summed E-state index contributed by atoms with van der Waals surface area (Å²) in [5.74, 6) is -0.325. The van der Waals surface area contributed by atoms with Gasteiger partial charge in [0.1, 0.15) is 0 Å².